The summed E-state index contributed by atoms with van der Waals surface area (Å²) >= 11 is 0. The van der Waals surface area contributed by atoms with Crippen LogP contribution in [0.2, 0.25) is 0 Å². The molecule has 1 amide bonds. The first-order valence-corrected chi connectivity index (χ1v) is 16.2. The zero-order valence-electron chi connectivity index (χ0n) is 26.1. The third-order valence-electron chi connectivity index (χ3n) is 9.73. The van der Waals surface area contributed by atoms with Gasteiger partial charge in [0, 0.05) is 38.2 Å². The van der Waals surface area contributed by atoms with E-state index in [4.69, 9.17) is 24.5 Å². The molecule has 3 fully saturated rings. The number of rotatable bonds is 4. The fourth-order valence-corrected chi connectivity index (χ4v) is 7.64. The van der Waals surface area contributed by atoms with Crippen molar-refractivity contribution in [2.75, 3.05) is 42.6 Å². The first kappa shape index (κ1) is 28.4. The Morgan fingerprint density at radius 3 is 2.47 bits per heavy atom. The number of ether oxygens (including phenoxy) is 2. The van der Waals surface area contributed by atoms with Crippen LogP contribution in [0.4, 0.5) is 16.4 Å². The lowest BCUT2D eigenvalue weighted by molar-refractivity contribution is -0.0369. The molecule has 5 heterocycles. The monoisotopic (exact) mass is 587 g/mol. The zero-order valence-corrected chi connectivity index (χ0v) is 26.1. The molecule has 2 aromatic heterocycles. The third-order valence-corrected chi connectivity index (χ3v) is 9.73. The third kappa shape index (κ3) is 5.32. The molecule has 3 aromatic rings. The average Bonchev–Trinajstić information content (AvgIpc) is 3.70. The molecule has 1 unspecified atom stereocenters. The minimum absolute atomic E-state index is 0.0663. The first-order chi connectivity index (χ1) is 20.7. The van der Waals surface area contributed by atoms with E-state index in [0.717, 1.165) is 99.8 Å². The maximum atomic E-state index is 13.0. The lowest BCUT2D eigenvalue weighted by Gasteiger charge is -2.44. The summed E-state index contributed by atoms with van der Waals surface area (Å²) in [7, 11) is 0. The number of hydrogen-bond donors (Lipinski definition) is 1. The molecule has 1 aromatic carbocycles. The van der Waals surface area contributed by atoms with Crippen molar-refractivity contribution in [1.82, 2.24) is 25.1 Å². The minimum Gasteiger partial charge on any atom is -0.444 e. The lowest BCUT2D eigenvalue weighted by Crippen LogP contribution is -2.48. The molecule has 1 aliphatic carbocycles. The number of nitrogens with zero attached hydrogens (tertiary/aromatic N) is 6. The van der Waals surface area contributed by atoms with E-state index in [0.29, 0.717) is 0 Å². The van der Waals surface area contributed by atoms with Gasteiger partial charge in [0.05, 0.1) is 11.7 Å². The van der Waals surface area contributed by atoms with Gasteiger partial charge in [0.2, 0.25) is 0 Å². The predicted octanol–water partition coefficient (Wildman–Crippen LogP) is 5.84. The van der Waals surface area contributed by atoms with Gasteiger partial charge in [0.15, 0.2) is 29.0 Å². The number of anilines is 2. The Balaban J connectivity index is 1.17. The zero-order chi connectivity index (χ0) is 29.8. The SMILES string of the molecule is Cc1nc2c(N3CCCC3)nn(C3CCCCO3)c2nc1N1CCC2(CC1)Cc1ccccc1[C@H]2NC(=O)OC(C)(C)C. The van der Waals surface area contributed by atoms with Crippen molar-refractivity contribution in [3.05, 3.63) is 41.1 Å². The number of aryl methyl sites for hydroxylation is 1. The quantitative estimate of drug-likeness (QED) is 0.407. The summed E-state index contributed by atoms with van der Waals surface area (Å²) in [5.41, 5.74) is 4.57. The molecule has 230 valence electrons. The maximum Gasteiger partial charge on any atom is 0.408 e. The summed E-state index contributed by atoms with van der Waals surface area (Å²) in [6, 6.07) is 8.45. The van der Waals surface area contributed by atoms with Gasteiger partial charge in [-0.1, -0.05) is 24.3 Å². The van der Waals surface area contributed by atoms with Gasteiger partial charge in [0.25, 0.3) is 0 Å². The van der Waals surface area contributed by atoms with Crippen molar-refractivity contribution < 1.29 is 14.3 Å². The number of piperidine rings is 1. The van der Waals surface area contributed by atoms with Gasteiger partial charge in [0.1, 0.15) is 5.60 Å². The predicted molar refractivity (Wildman–Crippen MR) is 166 cm³/mol. The van der Waals surface area contributed by atoms with Gasteiger partial charge in [-0.05, 0) is 90.2 Å². The van der Waals surface area contributed by atoms with Crippen LogP contribution in [-0.4, -0.2) is 64.2 Å². The normalized spacial score (nSPS) is 23.6. The number of amides is 1. The summed E-state index contributed by atoms with van der Waals surface area (Å²) in [5.74, 6) is 1.88. The van der Waals surface area contributed by atoms with E-state index in [9.17, 15) is 4.79 Å². The van der Waals surface area contributed by atoms with E-state index < -0.39 is 5.60 Å². The Kier molecular flexibility index (Phi) is 7.22. The molecule has 10 nitrogen and oxygen atoms in total. The molecule has 1 N–H and O–H groups in total. The van der Waals surface area contributed by atoms with Crippen LogP contribution in [0.1, 0.15) is 94.8 Å². The summed E-state index contributed by atoms with van der Waals surface area (Å²) < 4.78 is 13.9. The number of hydrogen-bond acceptors (Lipinski definition) is 8. The Morgan fingerprint density at radius 1 is 1.00 bits per heavy atom. The van der Waals surface area contributed by atoms with Gasteiger partial charge in [-0.15, -0.1) is 5.10 Å². The summed E-state index contributed by atoms with van der Waals surface area (Å²) in [5, 5.41) is 8.37. The highest BCUT2D eigenvalue weighted by Gasteiger charge is 2.49. The number of fused-ring (bicyclic) bond motifs is 2. The van der Waals surface area contributed by atoms with Gasteiger partial charge in [-0.3, -0.25) is 0 Å². The van der Waals surface area contributed by atoms with Gasteiger partial charge >= 0.3 is 6.09 Å². The molecule has 3 saturated heterocycles. The van der Waals surface area contributed by atoms with Crippen molar-refractivity contribution in [3.8, 4) is 0 Å². The topological polar surface area (TPSA) is 97.6 Å². The van der Waals surface area contributed by atoms with E-state index in [2.05, 4.69) is 46.3 Å². The highest BCUT2D eigenvalue weighted by Crippen LogP contribution is 2.52. The highest BCUT2D eigenvalue weighted by molar-refractivity contribution is 5.86. The summed E-state index contributed by atoms with van der Waals surface area (Å²) in [6.45, 7) is 12.3. The molecular weight excluding hydrogens is 542 g/mol. The molecule has 0 bridgehead atoms. The van der Waals surface area contributed by atoms with Gasteiger partial charge < -0.3 is 24.6 Å². The van der Waals surface area contributed by atoms with Crippen LogP contribution in [0, 0.1) is 12.3 Å². The molecule has 3 aliphatic heterocycles. The Bertz CT molecular complexity index is 1490. The largest absolute Gasteiger partial charge is 0.444 e. The van der Waals surface area contributed by atoms with E-state index >= 15 is 0 Å². The minimum atomic E-state index is -0.544. The van der Waals surface area contributed by atoms with Crippen molar-refractivity contribution in [1.29, 1.82) is 0 Å². The number of aromatic nitrogens is 4. The van der Waals surface area contributed by atoms with Crippen LogP contribution in [0.3, 0.4) is 0 Å². The van der Waals surface area contributed by atoms with E-state index in [1.54, 1.807) is 0 Å². The Hall–Kier alpha value is -3.40. The Morgan fingerprint density at radius 2 is 1.74 bits per heavy atom. The van der Waals surface area contributed by atoms with Gasteiger partial charge in [-0.25, -0.2) is 19.4 Å². The van der Waals surface area contributed by atoms with Crippen molar-refractivity contribution in [2.45, 2.75) is 96.9 Å². The van der Waals surface area contributed by atoms with Crippen LogP contribution in [0.25, 0.3) is 11.2 Å². The summed E-state index contributed by atoms with van der Waals surface area (Å²) in [4.78, 5) is 28.2. The standard InChI is InChI=1S/C33H45N7O3/c1-22-28(36-29-26(34-22)30(38-16-8-9-17-38)37-40(29)25-13-7-10-20-42-25)39-18-14-33(15-19-39)21-23-11-5-6-12-24(23)27(33)35-31(41)43-32(2,3)4/h5-6,11-12,25,27H,7-10,13-21H2,1-4H3,(H,35,41)/t25?,27-/m1/s1. The number of benzene rings is 1. The number of nitrogens with one attached hydrogen (secondary N) is 1. The molecule has 43 heavy (non-hydrogen) atoms. The van der Waals surface area contributed by atoms with Crippen LogP contribution >= 0.6 is 0 Å². The molecule has 0 saturated carbocycles. The number of carbonyl (C=O) groups is 1. The van der Waals surface area contributed by atoms with Crippen LogP contribution in [-0.2, 0) is 15.9 Å². The second-order valence-electron chi connectivity index (χ2n) is 13.9. The lowest BCUT2D eigenvalue weighted by atomic mass is 9.72. The van der Waals surface area contributed by atoms with Crippen molar-refractivity contribution >= 4 is 28.9 Å². The summed E-state index contributed by atoms with van der Waals surface area (Å²) in [6.07, 6.45) is 7.90. The second-order valence-corrected chi connectivity index (χ2v) is 13.9. The second kappa shape index (κ2) is 10.9. The number of alkyl carbamates (subject to hydrolysis) is 1. The highest BCUT2D eigenvalue weighted by atomic mass is 16.6. The van der Waals surface area contributed by atoms with E-state index in [1.165, 1.54) is 24.0 Å². The molecule has 2 atom stereocenters. The Labute approximate surface area is 254 Å². The molecule has 10 heteroatoms. The smallest absolute Gasteiger partial charge is 0.408 e. The van der Waals surface area contributed by atoms with E-state index in [1.807, 2.05) is 25.5 Å². The fourth-order valence-electron chi connectivity index (χ4n) is 7.64. The fraction of sp³-hybridized carbons (Fsp3) is 0.636. The molecule has 4 aliphatic rings. The molecule has 0 radical (unpaired) electrons. The number of carbonyl (C=O) groups excluding carboxylic acids is 1. The maximum absolute atomic E-state index is 13.0. The van der Waals surface area contributed by atoms with Crippen molar-refractivity contribution in [2.24, 2.45) is 5.41 Å². The van der Waals surface area contributed by atoms with Crippen LogP contribution in [0.5, 0.6) is 0 Å². The molecule has 7 rings (SSSR count). The first-order valence-electron chi connectivity index (χ1n) is 16.2. The van der Waals surface area contributed by atoms with Crippen LogP contribution in [0.15, 0.2) is 24.3 Å². The van der Waals surface area contributed by atoms with E-state index in [-0.39, 0.29) is 23.8 Å². The van der Waals surface area contributed by atoms with Crippen LogP contribution < -0.4 is 15.1 Å². The van der Waals surface area contributed by atoms with Gasteiger partial charge in [-0.2, -0.15) is 0 Å². The molecular formula is C33H45N7O3. The average molecular weight is 588 g/mol. The molecule has 1 spiro atoms. The van der Waals surface area contributed by atoms with Crippen molar-refractivity contribution in [3.63, 3.8) is 0 Å².